The number of hydrogen-bond donors (Lipinski definition) is 1. The van der Waals surface area contributed by atoms with Gasteiger partial charge in [0.2, 0.25) is 10.0 Å². The van der Waals surface area contributed by atoms with Gasteiger partial charge in [-0.15, -0.1) is 0 Å². The Labute approximate surface area is 188 Å². The quantitative estimate of drug-likeness (QED) is 0.452. The van der Waals surface area contributed by atoms with Crippen molar-refractivity contribution in [2.75, 3.05) is 6.54 Å². The Bertz CT molecular complexity index is 1410. The fraction of sp³-hybridized carbons (Fsp3) is 0.192. The Morgan fingerprint density at radius 3 is 2.25 bits per heavy atom. The number of benzene rings is 3. The Balaban J connectivity index is 1.72. The first kappa shape index (κ1) is 22.0. The van der Waals surface area contributed by atoms with Gasteiger partial charge in [0, 0.05) is 18.7 Å². The molecule has 3 aromatic carbocycles. The van der Waals surface area contributed by atoms with Crippen molar-refractivity contribution < 1.29 is 8.42 Å². The minimum absolute atomic E-state index is 0.00231. The molecule has 0 atom stereocenters. The van der Waals surface area contributed by atoms with E-state index in [1.165, 1.54) is 4.31 Å². The van der Waals surface area contributed by atoms with Gasteiger partial charge in [0.1, 0.15) is 0 Å². The maximum Gasteiger partial charge on any atom is 0.252 e. The van der Waals surface area contributed by atoms with Crippen LogP contribution in [0.3, 0.4) is 0 Å². The van der Waals surface area contributed by atoms with Crippen LogP contribution in [0, 0.1) is 13.8 Å². The molecule has 0 saturated heterocycles. The number of para-hydroxylation sites is 1. The van der Waals surface area contributed by atoms with Gasteiger partial charge in [0.25, 0.3) is 5.56 Å². The topological polar surface area (TPSA) is 70.2 Å². The molecule has 0 saturated carbocycles. The van der Waals surface area contributed by atoms with Gasteiger partial charge >= 0.3 is 0 Å². The molecule has 0 aliphatic heterocycles. The number of hydrogen-bond acceptors (Lipinski definition) is 3. The zero-order chi connectivity index (χ0) is 22.7. The molecule has 4 aromatic rings. The second-order valence-electron chi connectivity index (χ2n) is 7.99. The summed E-state index contributed by atoms with van der Waals surface area (Å²) < 4.78 is 28.4. The van der Waals surface area contributed by atoms with E-state index in [4.69, 9.17) is 0 Å². The van der Waals surface area contributed by atoms with Gasteiger partial charge in [-0.1, -0.05) is 60.7 Å². The van der Waals surface area contributed by atoms with Crippen LogP contribution in [0.15, 0.2) is 88.6 Å². The SMILES string of the molecule is Cc1ccccc1CCN(Cc1cc2cccc(C)c2[nH]c1=O)S(=O)(=O)c1ccccc1. The van der Waals surface area contributed by atoms with E-state index < -0.39 is 10.0 Å². The molecule has 4 rings (SSSR count). The van der Waals surface area contributed by atoms with E-state index in [1.54, 1.807) is 36.4 Å². The van der Waals surface area contributed by atoms with E-state index in [1.807, 2.05) is 56.3 Å². The summed E-state index contributed by atoms with van der Waals surface area (Å²) in [5, 5.41) is 0.885. The van der Waals surface area contributed by atoms with Crippen LogP contribution in [0.25, 0.3) is 10.9 Å². The van der Waals surface area contributed by atoms with Crippen LogP contribution < -0.4 is 5.56 Å². The van der Waals surface area contributed by atoms with Gasteiger partial charge < -0.3 is 4.98 Å². The van der Waals surface area contributed by atoms with Crippen molar-refractivity contribution in [2.45, 2.75) is 31.7 Å². The first-order chi connectivity index (χ1) is 15.4. The number of pyridine rings is 1. The molecule has 0 aliphatic rings. The first-order valence-corrected chi connectivity index (χ1v) is 12.0. The summed E-state index contributed by atoms with van der Waals surface area (Å²) in [5.74, 6) is 0. The van der Waals surface area contributed by atoms with Crippen molar-refractivity contribution in [1.82, 2.24) is 9.29 Å². The number of aryl methyl sites for hydroxylation is 2. The highest BCUT2D eigenvalue weighted by atomic mass is 32.2. The fourth-order valence-corrected chi connectivity index (χ4v) is 5.34. The molecule has 164 valence electrons. The molecule has 32 heavy (non-hydrogen) atoms. The lowest BCUT2D eigenvalue weighted by molar-refractivity contribution is 0.408. The summed E-state index contributed by atoms with van der Waals surface area (Å²) >= 11 is 0. The van der Waals surface area contributed by atoms with Crippen molar-refractivity contribution in [1.29, 1.82) is 0 Å². The molecule has 0 bridgehead atoms. The van der Waals surface area contributed by atoms with Crippen LogP contribution >= 0.6 is 0 Å². The maximum atomic E-state index is 13.5. The van der Waals surface area contributed by atoms with Crippen LogP contribution in [-0.2, 0) is 23.0 Å². The van der Waals surface area contributed by atoms with Crippen LogP contribution in [0.2, 0.25) is 0 Å². The third-order valence-electron chi connectivity index (χ3n) is 5.78. The average Bonchev–Trinajstić information content (AvgIpc) is 2.79. The summed E-state index contributed by atoms with van der Waals surface area (Å²) in [5.41, 5.74) is 4.11. The average molecular weight is 447 g/mol. The second kappa shape index (κ2) is 9.10. The van der Waals surface area contributed by atoms with E-state index in [9.17, 15) is 13.2 Å². The van der Waals surface area contributed by atoms with E-state index >= 15 is 0 Å². The Morgan fingerprint density at radius 2 is 1.50 bits per heavy atom. The number of nitrogens with one attached hydrogen (secondary N) is 1. The van der Waals surface area contributed by atoms with Gasteiger partial charge in [-0.25, -0.2) is 8.42 Å². The van der Waals surface area contributed by atoms with Crippen LogP contribution in [-0.4, -0.2) is 24.3 Å². The summed E-state index contributed by atoms with van der Waals surface area (Å²) in [7, 11) is -3.78. The van der Waals surface area contributed by atoms with Gasteiger partial charge in [-0.05, 0) is 60.5 Å². The molecule has 6 heteroatoms. The molecular weight excluding hydrogens is 420 g/mol. The molecule has 0 spiro atoms. The second-order valence-corrected chi connectivity index (χ2v) is 9.93. The van der Waals surface area contributed by atoms with E-state index in [-0.39, 0.29) is 23.5 Å². The van der Waals surface area contributed by atoms with Crippen LogP contribution in [0.1, 0.15) is 22.3 Å². The van der Waals surface area contributed by atoms with Crippen molar-refractivity contribution >= 4 is 20.9 Å². The monoisotopic (exact) mass is 446 g/mol. The Hall–Kier alpha value is -3.22. The Kier molecular flexibility index (Phi) is 6.26. The van der Waals surface area contributed by atoms with Crippen molar-refractivity contribution in [3.63, 3.8) is 0 Å². The molecule has 0 fully saturated rings. The Morgan fingerprint density at radius 1 is 0.812 bits per heavy atom. The number of H-pyrrole nitrogens is 1. The van der Waals surface area contributed by atoms with E-state index in [0.717, 1.165) is 27.6 Å². The zero-order valence-electron chi connectivity index (χ0n) is 18.2. The summed E-state index contributed by atoms with van der Waals surface area (Å²) in [6.45, 7) is 4.23. The first-order valence-electron chi connectivity index (χ1n) is 10.6. The largest absolute Gasteiger partial charge is 0.321 e. The van der Waals surface area contributed by atoms with Crippen molar-refractivity contribution in [3.05, 3.63) is 111 Å². The lowest BCUT2D eigenvalue weighted by Gasteiger charge is -2.23. The molecule has 0 amide bonds. The predicted molar refractivity (Wildman–Crippen MR) is 128 cm³/mol. The minimum Gasteiger partial charge on any atom is -0.321 e. The zero-order valence-corrected chi connectivity index (χ0v) is 19.0. The summed E-state index contributed by atoms with van der Waals surface area (Å²) in [6.07, 6.45) is 0.559. The van der Waals surface area contributed by atoms with Gasteiger partial charge in [-0.2, -0.15) is 4.31 Å². The summed E-state index contributed by atoms with van der Waals surface area (Å²) in [4.78, 5) is 16.0. The predicted octanol–water partition coefficient (Wildman–Crippen LogP) is 4.58. The number of rotatable bonds is 7. The van der Waals surface area contributed by atoms with E-state index in [0.29, 0.717) is 12.0 Å². The third-order valence-corrected chi connectivity index (χ3v) is 7.64. The highest BCUT2D eigenvalue weighted by Crippen LogP contribution is 2.21. The van der Waals surface area contributed by atoms with Crippen LogP contribution in [0.4, 0.5) is 0 Å². The van der Waals surface area contributed by atoms with Crippen LogP contribution in [0.5, 0.6) is 0 Å². The lowest BCUT2D eigenvalue weighted by atomic mass is 10.1. The molecular formula is C26H26N2O3S. The summed E-state index contributed by atoms with van der Waals surface area (Å²) in [6, 6.07) is 23.9. The molecule has 0 unspecified atom stereocenters. The number of aromatic nitrogens is 1. The number of fused-ring (bicyclic) bond motifs is 1. The van der Waals surface area contributed by atoms with E-state index in [2.05, 4.69) is 4.98 Å². The maximum absolute atomic E-state index is 13.5. The lowest BCUT2D eigenvalue weighted by Crippen LogP contribution is -2.34. The molecule has 1 N–H and O–H groups in total. The number of nitrogens with zero attached hydrogens (tertiary/aromatic N) is 1. The minimum atomic E-state index is -3.78. The van der Waals surface area contributed by atoms with Gasteiger partial charge in [0.05, 0.1) is 10.4 Å². The van der Waals surface area contributed by atoms with Crippen molar-refractivity contribution in [2.24, 2.45) is 0 Å². The van der Waals surface area contributed by atoms with Crippen molar-refractivity contribution in [3.8, 4) is 0 Å². The normalized spacial score (nSPS) is 11.8. The molecule has 0 radical (unpaired) electrons. The van der Waals surface area contributed by atoms with Gasteiger partial charge in [0.15, 0.2) is 0 Å². The van der Waals surface area contributed by atoms with Gasteiger partial charge in [-0.3, -0.25) is 4.79 Å². The molecule has 0 aliphatic carbocycles. The molecule has 1 heterocycles. The number of sulfonamides is 1. The molecule has 5 nitrogen and oxygen atoms in total. The smallest absolute Gasteiger partial charge is 0.252 e. The highest BCUT2D eigenvalue weighted by molar-refractivity contribution is 7.89. The highest BCUT2D eigenvalue weighted by Gasteiger charge is 2.25. The molecule has 1 aromatic heterocycles. The fourth-order valence-electron chi connectivity index (χ4n) is 3.90. The third kappa shape index (κ3) is 4.52. The number of aromatic amines is 1. The standard InChI is InChI=1S/C26H26N2O3S/c1-19-9-6-7-11-21(19)15-16-28(32(30,31)24-13-4-3-5-14-24)18-23-17-22-12-8-10-20(2)25(22)27-26(23)29/h3-14,17H,15-16,18H2,1-2H3,(H,27,29).